The number of phosphoric acid groups is 4. The molecule has 26 heteroatoms. The molecular formula is C47H88O22P4. The lowest BCUT2D eigenvalue weighted by molar-refractivity contribution is -0.209. The van der Waals surface area contributed by atoms with Crippen LogP contribution in [-0.2, 0) is 59.9 Å². The second kappa shape index (κ2) is 39.8. The molecule has 0 spiro atoms. The first-order chi connectivity index (χ1) is 34.5. The van der Waals surface area contributed by atoms with E-state index in [2.05, 4.69) is 45.6 Å². The predicted molar refractivity (Wildman–Crippen MR) is 272 cm³/mol. The molecule has 1 rings (SSSR count). The van der Waals surface area contributed by atoms with Crippen molar-refractivity contribution in [2.45, 2.75) is 236 Å². The number of unbranched alkanes of at least 4 members (excludes halogenated alkanes) is 21. The van der Waals surface area contributed by atoms with Crippen LogP contribution in [0.4, 0.5) is 0 Å². The molecule has 1 aliphatic rings. The van der Waals surface area contributed by atoms with Gasteiger partial charge in [0.15, 0.2) is 6.10 Å². The summed E-state index contributed by atoms with van der Waals surface area (Å²) >= 11 is 0. The van der Waals surface area contributed by atoms with Gasteiger partial charge in [0.05, 0.1) is 6.61 Å². The maximum atomic E-state index is 13.3. The van der Waals surface area contributed by atoms with Crippen LogP contribution in [0.25, 0.3) is 0 Å². The summed E-state index contributed by atoms with van der Waals surface area (Å²) in [5.74, 6) is -1.46. The van der Waals surface area contributed by atoms with E-state index >= 15 is 0 Å². The molecule has 0 radical (unpaired) electrons. The second-order valence-corrected chi connectivity index (χ2v) is 23.3. The zero-order chi connectivity index (χ0) is 54.6. The van der Waals surface area contributed by atoms with E-state index < -0.39 is 99.2 Å². The highest BCUT2D eigenvalue weighted by molar-refractivity contribution is 7.47. The summed E-state index contributed by atoms with van der Waals surface area (Å²) in [5, 5.41) is 21.9. The number of esters is 2. The second-order valence-electron chi connectivity index (χ2n) is 18.3. The SMILES string of the molecule is CCCCCCCC/C=C\C/C=C\C/C=C\CCCC(=O)O[C@H](COC(=O)CCCCCCCCCCCCCCCCC)COP(=O)(O)OC1[C@H](O)[C@H](OP(=O)(O)O)C(OP(=O)(O)O)[C@H](OP(=O)(O)O)[C@H]1O. The number of carbonyl (C=O) groups is 2. The smallest absolute Gasteiger partial charge is 0.462 e. The lowest BCUT2D eigenvalue weighted by atomic mass is 9.85. The number of aliphatic hydroxyl groups is 2. The highest BCUT2D eigenvalue weighted by Crippen LogP contribution is 2.53. The summed E-state index contributed by atoms with van der Waals surface area (Å²) in [6.07, 6.45) is 22.1. The molecule has 0 bridgehead atoms. The Kier molecular flexibility index (Phi) is 37.9. The summed E-state index contributed by atoms with van der Waals surface area (Å²) < 4.78 is 82.2. The minimum Gasteiger partial charge on any atom is -0.462 e. The Morgan fingerprint density at radius 3 is 1.25 bits per heavy atom. The van der Waals surface area contributed by atoms with Gasteiger partial charge in [-0.05, 0) is 44.9 Å². The molecule has 0 aromatic rings. The van der Waals surface area contributed by atoms with Crippen LogP contribution < -0.4 is 0 Å². The van der Waals surface area contributed by atoms with Gasteiger partial charge in [0.1, 0.15) is 43.2 Å². The van der Waals surface area contributed by atoms with E-state index in [9.17, 15) is 72.3 Å². The van der Waals surface area contributed by atoms with E-state index in [-0.39, 0.29) is 12.8 Å². The summed E-state index contributed by atoms with van der Waals surface area (Å²) in [6, 6.07) is 0. The van der Waals surface area contributed by atoms with Crippen LogP contribution in [0.1, 0.15) is 194 Å². The minimum absolute atomic E-state index is 0.0265. The lowest BCUT2D eigenvalue weighted by Crippen LogP contribution is -2.65. The average molecular weight is 1130 g/mol. The van der Waals surface area contributed by atoms with E-state index in [1.807, 2.05) is 18.2 Å². The third-order valence-corrected chi connectivity index (χ3v) is 14.2. The molecule has 73 heavy (non-hydrogen) atoms. The zero-order valence-electron chi connectivity index (χ0n) is 42.8. The lowest BCUT2D eigenvalue weighted by Gasteiger charge is -2.45. The molecule has 0 aromatic heterocycles. The molecule has 428 valence electrons. The van der Waals surface area contributed by atoms with E-state index in [0.29, 0.717) is 25.7 Å². The molecule has 0 aromatic carbocycles. The van der Waals surface area contributed by atoms with Crippen molar-refractivity contribution in [1.82, 2.24) is 0 Å². The molecule has 3 unspecified atom stereocenters. The van der Waals surface area contributed by atoms with Crippen LogP contribution in [0.5, 0.6) is 0 Å². The zero-order valence-corrected chi connectivity index (χ0v) is 46.4. The van der Waals surface area contributed by atoms with E-state index in [1.165, 1.54) is 96.3 Å². The first kappa shape index (κ1) is 69.5. The third kappa shape index (κ3) is 37.9. The van der Waals surface area contributed by atoms with E-state index in [0.717, 1.165) is 44.9 Å². The molecule has 1 saturated carbocycles. The molecule has 22 nitrogen and oxygen atoms in total. The van der Waals surface area contributed by atoms with Crippen LogP contribution in [0.15, 0.2) is 36.5 Å². The van der Waals surface area contributed by atoms with Crippen molar-refractivity contribution in [3.05, 3.63) is 36.5 Å². The topological polar surface area (TPSA) is 349 Å². The Labute approximate surface area is 432 Å². The van der Waals surface area contributed by atoms with Crippen molar-refractivity contribution in [3.63, 3.8) is 0 Å². The van der Waals surface area contributed by atoms with Gasteiger partial charge in [-0.1, -0.05) is 172 Å². The van der Waals surface area contributed by atoms with Crippen molar-refractivity contribution in [3.8, 4) is 0 Å². The van der Waals surface area contributed by atoms with Crippen molar-refractivity contribution in [1.29, 1.82) is 0 Å². The van der Waals surface area contributed by atoms with Crippen LogP contribution in [0.2, 0.25) is 0 Å². The van der Waals surface area contributed by atoms with Crippen LogP contribution in [0, 0.1) is 0 Å². The fourth-order valence-corrected chi connectivity index (χ4v) is 10.6. The third-order valence-electron chi connectivity index (χ3n) is 11.7. The number of phosphoric ester groups is 4. The monoisotopic (exact) mass is 1130 g/mol. The quantitative estimate of drug-likeness (QED) is 0.0118. The molecule has 0 amide bonds. The molecule has 1 fully saturated rings. The highest BCUT2D eigenvalue weighted by Gasteiger charge is 2.59. The van der Waals surface area contributed by atoms with Crippen LogP contribution in [0.3, 0.4) is 0 Å². The van der Waals surface area contributed by atoms with Gasteiger partial charge in [0.2, 0.25) is 0 Å². The van der Waals surface area contributed by atoms with Gasteiger partial charge in [-0.15, -0.1) is 0 Å². The van der Waals surface area contributed by atoms with E-state index in [4.69, 9.17) is 18.5 Å². The summed E-state index contributed by atoms with van der Waals surface area (Å²) in [4.78, 5) is 93.0. The molecule has 9 N–H and O–H groups in total. The summed E-state index contributed by atoms with van der Waals surface area (Å²) in [7, 11) is -23.0. The minimum atomic E-state index is -5.80. The number of ether oxygens (including phenoxy) is 2. The fraction of sp³-hybridized carbons (Fsp3) is 0.830. The Morgan fingerprint density at radius 2 is 0.808 bits per heavy atom. The summed E-state index contributed by atoms with van der Waals surface area (Å²) in [6.45, 7) is 2.73. The average Bonchev–Trinajstić information content (AvgIpc) is 3.30. The van der Waals surface area contributed by atoms with Gasteiger partial charge in [-0.3, -0.25) is 32.2 Å². The van der Waals surface area contributed by atoms with Crippen molar-refractivity contribution >= 4 is 43.2 Å². The summed E-state index contributed by atoms with van der Waals surface area (Å²) in [5.41, 5.74) is 0. The highest BCUT2D eigenvalue weighted by atomic mass is 31.2. The fourth-order valence-electron chi connectivity index (χ4n) is 7.92. The standard InChI is InChI=1S/C47H88O22P4/c1-3-5-7-9-11-13-15-17-19-20-22-24-26-28-30-32-34-36-41(49)65-39(37-63-40(48)35-33-31-29-27-25-23-21-18-16-14-12-10-8-6-4-2)38-64-73(61,62)69-44-42(50)45(66-70(52,53)54)47(68-72(58,59)60)46(43(44)51)67-71(55,56)57/h17,19,22,24,28,30,39,42-47,50-51H,3-16,18,20-21,23,25-27,29,31-38H2,1-2H3,(H,61,62)(H2,52,53,54)(H2,55,56,57)(H2,58,59,60)/b19-17-,24-22-,30-28-/t39-,42+,43+,44?,45-,46+,47?/m1/s1. The van der Waals surface area contributed by atoms with Crippen LogP contribution in [-0.4, -0.2) is 112 Å². The Balaban J connectivity index is 2.89. The molecule has 0 saturated heterocycles. The van der Waals surface area contributed by atoms with Crippen molar-refractivity contribution in [2.75, 3.05) is 13.2 Å². The van der Waals surface area contributed by atoms with Gasteiger partial charge < -0.3 is 53.9 Å². The maximum Gasteiger partial charge on any atom is 0.472 e. The van der Waals surface area contributed by atoms with Gasteiger partial charge in [0, 0.05) is 12.8 Å². The first-order valence-electron chi connectivity index (χ1n) is 26.0. The molecule has 0 aliphatic heterocycles. The van der Waals surface area contributed by atoms with E-state index in [1.54, 1.807) is 0 Å². The van der Waals surface area contributed by atoms with Gasteiger partial charge >= 0.3 is 43.2 Å². The number of carbonyl (C=O) groups excluding carboxylic acids is 2. The Hall–Kier alpha value is -1.48. The Bertz CT molecular complexity index is 1730. The number of rotatable bonds is 45. The Morgan fingerprint density at radius 1 is 0.438 bits per heavy atom. The van der Waals surface area contributed by atoms with Gasteiger partial charge in [0.25, 0.3) is 0 Å². The predicted octanol–water partition coefficient (Wildman–Crippen LogP) is 9.74. The largest absolute Gasteiger partial charge is 0.472 e. The number of hydrogen-bond acceptors (Lipinski definition) is 15. The first-order valence-corrected chi connectivity index (χ1v) is 32.1. The number of allylic oxidation sites excluding steroid dienone is 6. The molecular weight excluding hydrogens is 1040 g/mol. The van der Waals surface area contributed by atoms with Gasteiger partial charge in [-0.25, -0.2) is 18.3 Å². The van der Waals surface area contributed by atoms with Crippen LogP contribution >= 0.6 is 31.3 Å². The maximum absolute atomic E-state index is 13.3. The van der Waals surface area contributed by atoms with Crippen molar-refractivity contribution < 1.29 is 104 Å². The van der Waals surface area contributed by atoms with Crippen molar-refractivity contribution in [2.24, 2.45) is 0 Å². The molecule has 1 aliphatic carbocycles. The van der Waals surface area contributed by atoms with Gasteiger partial charge in [-0.2, -0.15) is 0 Å². The number of aliphatic hydroxyl groups excluding tert-OH is 2. The number of hydrogen-bond donors (Lipinski definition) is 9. The molecule has 0 heterocycles. The molecule has 8 atom stereocenters. The normalized spacial score (nSPS) is 21.3.